The molecule has 1 heterocycles. The Hall–Kier alpha value is -4.12. The van der Waals surface area contributed by atoms with Crippen LogP contribution in [0.25, 0.3) is 28.1 Å². The number of fused-ring (bicyclic) bond motifs is 1. The Bertz CT molecular complexity index is 1370. The minimum Gasteiger partial charge on any atom is -0.493 e. The van der Waals surface area contributed by atoms with Gasteiger partial charge in [0.1, 0.15) is 0 Å². The molecular formula is C29H27NO4. The molecule has 0 N–H and O–H groups in total. The Labute approximate surface area is 199 Å². The molecule has 5 nitrogen and oxygen atoms in total. The van der Waals surface area contributed by atoms with E-state index in [0.717, 1.165) is 33.2 Å². The van der Waals surface area contributed by atoms with Crippen molar-refractivity contribution in [3.05, 3.63) is 89.1 Å². The first-order valence-electron chi connectivity index (χ1n) is 11.0. The number of hydrogen-bond acceptors (Lipinski definition) is 5. The first-order valence-corrected chi connectivity index (χ1v) is 11.0. The molecule has 0 unspecified atom stereocenters. The van der Waals surface area contributed by atoms with Crippen molar-refractivity contribution < 1.29 is 19.0 Å². The SMILES string of the molecule is COc1cc(/C=C/C(=O)c2c(C)nc3ccc(C)cc3c2-c2ccccc2)cc(OC)c1OC. The fraction of sp³-hybridized carbons (Fsp3) is 0.172. The second-order valence-electron chi connectivity index (χ2n) is 7.99. The summed E-state index contributed by atoms with van der Waals surface area (Å²) in [6.07, 6.45) is 3.32. The maximum absolute atomic E-state index is 13.6. The van der Waals surface area contributed by atoms with Crippen LogP contribution in [0.1, 0.15) is 27.2 Å². The molecule has 4 rings (SSSR count). The first kappa shape index (κ1) is 23.1. The highest BCUT2D eigenvalue weighted by Crippen LogP contribution is 2.39. The number of aryl methyl sites for hydroxylation is 2. The summed E-state index contributed by atoms with van der Waals surface area (Å²) in [6, 6.07) is 19.7. The van der Waals surface area contributed by atoms with Crippen LogP contribution in [0.4, 0.5) is 0 Å². The van der Waals surface area contributed by atoms with E-state index in [-0.39, 0.29) is 5.78 Å². The van der Waals surface area contributed by atoms with Gasteiger partial charge in [0.05, 0.1) is 32.4 Å². The quantitative estimate of drug-likeness (QED) is 0.238. The number of carbonyl (C=O) groups excluding carboxylic acids is 1. The molecular weight excluding hydrogens is 426 g/mol. The second-order valence-corrected chi connectivity index (χ2v) is 7.99. The second kappa shape index (κ2) is 9.79. The minimum atomic E-state index is -0.124. The van der Waals surface area contributed by atoms with Crippen LogP contribution in [0.3, 0.4) is 0 Å². The number of nitrogens with zero attached hydrogens (tertiary/aromatic N) is 1. The molecule has 0 saturated carbocycles. The predicted molar refractivity (Wildman–Crippen MR) is 136 cm³/mol. The summed E-state index contributed by atoms with van der Waals surface area (Å²) >= 11 is 0. The van der Waals surface area contributed by atoms with E-state index in [1.807, 2.05) is 56.3 Å². The van der Waals surface area contributed by atoms with Crippen LogP contribution >= 0.6 is 0 Å². The minimum absolute atomic E-state index is 0.124. The molecule has 0 aliphatic carbocycles. The van der Waals surface area contributed by atoms with Crippen molar-refractivity contribution in [3.8, 4) is 28.4 Å². The van der Waals surface area contributed by atoms with Crippen molar-refractivity contribution in [2.45, 2.75) is 13.8 Å². The summed E-state index contributed by atoms with van der Waals surface area (Å²) < 4.78 is 16.3. The third-order valence-electron chi connectivity index (χ3n) is 5.74. The number of carbonyl (C=O) groups is 1. The van der Waals surface area contributed by atoms with Gasteiger partial charge >= 0.3 is 0 Å². The van der Waals surface area contributed by atoms with Gasteiger partial charge in [-0.05, 0) is 55.3 Å². The molecule has 34 heavy (non-hydrogen) atoms. The zero-order valence-electron chi connectivity index (χ0n) is 20.0. The summed E-state index contributed by atoms with van der Waals surface area (Å²) in [7, 11) is 4.68. The van der Waals surface area contributed by atoms with Crippen LogP contribution < -0.4 is 14.2 Å². The van der Waals surface area contributed by atoms with E-state index in [4.69, 9.17) is 19.2 Å². The molecule has 0 amide bonds. The van der Waals surface area contributed by atoms with E-state index in [1.165, 1.54) is 0 Å². The molecule has 4 aromatic rings. The van der Waals surface area contributed by atoms with Crippen molar-refractivity contribution in [1.82, 2.24) is 4.98 Å². The third kappa shape index (κ3) is 4.37. The summed E-state index contributed by atoms with van der Waals surface area (Å²) in [5.41, 5.74) is 5.89. The van der Waals surface area contributed by atoms with Gasteiger partial charge in [-0.25, -0.2) is 0 Å². The van der Waals surface area contributed by atoms with E-state index < -0.39 is 0 Å². The van der Waals surface area contributed by atoms with Crippen molar-refractivity contribution >= 4 is 22.8 Å². The lowest BCUT2D eigenvalue weighted by Gasteiger charge is -2.15. The third-order valence-corrected chi connectivity index (χ3v) is 5.74. The number of pyridine rings is 1. The van der Waals surface area contributed by atoms with Gasteiger partial charge in [-0.2, -0.15) is 0 Å². The van der Waals surface area contributed by atoms with Crippen molar-refractivity contribution in [1.29, 1.82) is 0 Å². The Morgan fingerprint density at radius 1 is 0.853 bits per heavy atom. The average Bonchev–Trinajstić information content (AvgIpc) is 2.86. The first-order chi connectivity index (χ1) is 16.5. The van der Waals surface area contributed by atoms with E-state index in [1.54, 1.807) is 45.6 Å². The molecule has 172 valence electrons. The lowest BCUT2D eigenvalue weighted by Crippen LogP contribution is -2.05. The Morgan fingerprint density at radius 3 is 2.15 bits per heavy atom. The van der Waals surface area contributed by atoms with Gasteiger partial charge in [0.15, 0.2) is 17.3 Å². The Balaban J connectivity index is 1.85. The smallest absolute Gasteiger partial charge is 0.203 e. The molecule has 0 aliphatic rings. The average molecular weight is 454 g/mol. The Kier molecular flexibility index (Phi) is 6.64. The van der Waals surface area contributed by atoms with Crippen LogP contribution in [0.2, 0.25) is 0 Å². The summed E-state index contributed by atoms with van der Waals surface area (Å²) in [6.45, 7) is 3.92. The fourth-order valence-electron chi connectivity index (χ4n) is 4.16. The normalized spacial score (nSPS) is 11.1. The number of ketones is 1. The molecule has 0 aliphatic heterocycles. The van der Waals surface area contributed by atoms with Gasteiger partial charge < -0.3 is 14.2 Å². The number of rotatable bonds is 7. The number of benzene rings is 3. The topological polar surface area (TPSA) is 57.7 Å². The predicted octanol–water partition coefficient (Wildman–Crippen LogP) is 6.44. The zero-order valence-corrected chi connectivity index (χ0v) is 20.0. The lowest BCUT2D eigenvalue weighted by molar-refractivity contribution is 0.104. The van der Waals surface area contributed by atoms with Crippen LogP contribution in [0, 0.1) is 13.8 Å². The standard InChI is InChI=1S/C29H27NO4/c1-18-11-13-23-22(15-18)28(21-9-7-6-8-10-21)27(19(2)30-23)24(31)14-12-20-16-25(32-3)29(34-5)26(17-20)33-4/h6-17H,1-5H3/b14-12+. The Morgan fingerprint density at radius 2 is 1.53 bits per heavy atom. The highest BCUT2D eigenvalue weighted by atomic mass is 16.5. The van der Waals surface area contributed by atoms with Crippen LogP contribution in [-0.4, -0.2) is 32.1 Å². The van der Waals surface area contributed by atoms with Crippen LogP contribution in [-0.2, 0) is 0 Å². The molecule has 5 heteroatoms. The zero-order chi connectivity index (χ0) is 24.2. The van der Waals surface area contributed by atoms with Gasteiger partial charge in [0.2, 0.25) is 5.75 Å². The molecule has 1 aromatic heterocycles. The summed E-state index contributed by atoms with van der Waals surface area (Å²) in [5, 5.41) is 0.960. The van der Waals surface area contributed by atoms with Crippen molar-refractivity contribution in [2.75, 3.05) is 21.3 Å². The van der Waals surface area contributed by atoms with Crippen molar-refractivity contribution in [2.24, 2.45) is 0 Å². The maximum atomic E-state index is 13.6. The molecule has 0 spiro atoms. The summed E-state index contributed by atoms with van der Waals surface area (Å²) in [5.74, 6) is 1.43. The number of allylic oxidation sites excluding steroid dienone is 1. The molecule has 0 bridgehead atoms. The van der Waals surface area contributed by atoms with Gasteiger partial charge in [0.25, 0.3) is 0 Å². The van der Waals surface area contributed by atoms with E-state index in [2.05, 4.69) is 6.07 Å². The monoisotopic (exact) mass is 453 g/mol. The number of aromatic nitrogens is 1. The van der Waals surface area contributed by atoms with E-state index >= 15 is 0 Å². The largest absolute Gasteiger partial charge is 0.493 e. The van der Waals surface area contributed by atoms with Crippen LogP contribution in [0.5, 0.6) is 17.2 Å². The summed E-state index contributed by atoms with van der Waals surface area (Å²) in [4.78, 5) is 18.3. The van der Waals surface area contributed by atoms with E-state index in [9.17, 15) is 4.79 Å². The van der Waals surface area contributed by atoms with Crippen LogP contribution in [0.15, 0.2) is 66.7 Å². The highest BCUT2D eigenvalue weighted by molar-refractivity contribution is 6.16. The lowest BCUT2D eigenvalue weighted by atomic mass is 9.91. The van der Waals surface area contributed by atoms with Crippen molar-refractivity contribution in [3.63, 3.8) is 0 Å². The maximum Gasteiger partial charge on any atom is 0.203 e. The van der Waals surface area contributed by atoms with Gasteiger partial charge in [-0.1, -0.05) is 48.0 Å². The van der Waals surface area contributed by atoms with Gasteiger partial charge in [0, 0.05) is 16.6 Å². The number of ether oxygens (including phenoxy) is 3. The molecule has 0 radical (unpaired) electrons. The van der Waals surface area contributed by atoms with E-state index in [0.29, 0.717) is 28.5 Å². The van der Waals surface area contributed by atoms with Gasteiger partial charge in [-0.3, -0.25) is 9.78 Å². The fourth-order valence-corrected chi connectivity index (χ4v) is 4.16. The highest BCUT2D eigenvalue weighted by Gasteiger charge is 2.19. The molecule has 0 atom stereocenters. The molecule has 0 saturated heterocycles. The van der Waals surface area contributed by atoms with Gasteiger partial charge in [-0.15, -0.1) is 0 Å². The molecule has 3 aromatic carbocycles. The number of methoxy groups -OCH3 is 3. The molecule has 0 fully saturated rings. The number of hydrogen-bond donors (Lipinski definition) is 0.